The van der Waals surface area contributed by atoms with Crippen LogP contribution in [0.3, 0.4) is 0 Å². The van der Waals surface area contributed by atoms with Crippen LogP contribution in [0.1, 0.15) is 31.2 Å². The van der Waals surface area contributed by atoms with E-state index in [1.165, 1.54) is 10.9 Å². The number of nitrogens with zero attached hydrogens (tertiary/aromatic N) is 3. The summed E-state index contributed by atoms with van der Waals surface area (Å²) in [5.74, 6) is -0.330. The third-order valence-corrected chi connectivity index (χ3v) is 4.77. The van der Waals surface area contributed by atoms with Crippen molar-refractivity contribution in [3.8, 4) is 5.75 Å². The number of rotatable bonds is 6. The number of hydrogen-bond acceptors (Lipinski definition) is 5. The van der Waals surface area contributed by atoms with Gasteiger partial charge in [0, 0.05) is 10.4 Å². The molecule has 0 unspecified atom stereocenters. The minimum absolute atomic E-state index is 0.0247. The van der Waals surface area contributed by atoms with E-state index in [2.05, 4.69) is 26.0 Å². The van der Waals surface area contributed by atoms with Gasteiger partial charge >= 0.3 is 5.97 Å². The SMILES string of the molecule is CC(C)c1nc2ccc(Br)cc2c(=O)n1N=Cc1ccc(OCC(=O)O)c(Cl)c1. The van der Waals surface area contributed by atoms with Crippen LogP contribution in [0.25, 0.3) is 10.9 Å². The van der Waals surface area contributed by atoms with Crippen LogP contribution in [0.2, 0.25) is 5.02 Å². The molecule has 0 radical (unpaired) electrons. The Morgan fingerprint density at radius 1 is 1.34 bits per heavy atom. The second-order valence-corrected chi connectivity index (χ2v) is 7.84. The van der Waals surface area contributed by atoms with Crippen molar-refractivity contribution >= 4 is 50.6 Å². The molecule has 0 aliphatic heterocycles. The molecule has 3 aromatic rings. The van der Waals surface area contributed by atoms with E-state index >= 15 is 0 Å². The molecule has 0 spiro atoms. The van der Waals surface area contributed by atoms with Gasteiger partial charge in [0.2, 0.25) is 0 Å². The van der Waals surface area contributed by atoms with Crippen LogP contribution in [-0.2, 0) is 4.79 Å². The van der Waals surface area contributed by atoms with Gasteiger partial charge in [-0.15, -0.1) is 0 Å². The van der Waals surface area contributed by atoms with Gasteiger partial charge in [-0.1, -0.05) is 41.4 Å². The van der Waals surface area contributed by atoms with Gasteiger partial charge < -0.3 is 9.84 Å². The van der Waals surface area contributed by atoms with Gasteiger partial charge in [0.25, 0.3) is 5.56 Å². The van der Waals surface area contributed by atoms with E-state index in [0.717, 1.165) is 4.47 Å². The zero-order chi connectivity index (χ0) is 21.1. The first-order valence-electron chi connectivity index (χ1n) is 8.67. The molecule has 0 aliphatic rings. The van der Waals surface area contributed by atoms with E-state index in [1.807, 2.05) is 19.9 Å². The molecular formula is C20H17BrClN3O4. The van der Waals surface area contributed by atoms with Gasteiger partial charge in [-0.25, -0.2) is 9.78 Å². The maximum atomic E-state index is 13.0. The summed E-state index contributed by atoms with van der Waals surface area (Å²) in [7, 11) is 0. The number of aromatic nitrogens is 2. The second kappa shape index (κ2) is 8.75. The molecule has 9 heteroatoms. The Bertz CT molecular complexity index is 1170. The molecule has 0 fully saturated rings. The summed E-state index contributed by atoms with van der Waals surface area (Å²) in [6.07, 6.45) is 1.49. The van der Waals surface area contributed by atoms with Gasteiger partial charge in [-0.2, -0.15) is 9.78 Å². The highest BCUT2D eigenvalue weighted by Crippen LogP contribution is 2.25. The van der Waals surface area contributed by atoms with Crippen molar-refractivity contribution in [2.75, 3.05) is 6.61 Å². The van der Waals surface area contributed by atoms with E-state index in [0.29, 0.717) is 22.3 Å². The summed E-state index contributed by atoms with van der Waals surface area (Å²) in [6, 6.07) is 10.1. The van der Waals surface area contributed by atoms with Gasteiger partial charge in [0.05, 0.1) is 22.1 Å². The molecule has 1 N–H and O–H groups in total. The van der Waals surface area contributed by atoms with Crippen LogP contribution >= 0.6 is 27.5 Å². The zero-order valence-corrected chi connectivity index (χ0v) is 17.9. The van der Waals surface area contributed by atoms with Crippen LogP contribution in [0.15, 0.2) is 50.8 Å². The molecule has 3 rings (SSSR count). The first-order valence-corrected chi connectivity index (χ1v) is 9.84. The van der Waals surface area contributed by atoms with Gasteiger partial charge in [0.1, 0.15) is 11.6 Å². The third kappa shape index (κ3) is 4.83. The fraction of sp³-hybridized carbons (Fsp3) is 0.200. The van der Waals surface area contributed by atoms with Crippen molar-refractivity contribution in [2.45, 2.75) is 19.8 Å². The second-order valence-electron chi connectivity index (χ2n) is 6.52. The number of carbonyl (C=O) groups is 1. The van der Waals surface area contributed by atoms with Crippen molar-refractivity contribution in [3.05, 3.63) is 67.6 Å². The lowest BCUT2D eigenvalue weighted by atomic mass is 10.2. The van der Waals surface area contributed by atoms with Crippen molar-refractivity contribution in [1.82, 2.24) is 9.66 Å². The maximum Gasteiger partial charge on any atom is 0.341 e. The topological polar surface area (TPSA) is 93.8 Å². The van der Waals surface area contributed by atoms with Crippen molar-refractivity contribution < 1.29 is 14.6 Å². The molecule has 1 aromatic heterocycles. The highest BCUT2D eigenvalue weighted by Gasteiger charge is 2.14. The fourth-order valence-corrected chi connectivity index (χ4v) is 3.23. The predicted octanol–water partition coefficient (Wildman–Crippen LogP) is 4.28. The first-order chi connectivity index (χ1) is 13.8. The number of aliphatic carboxylic acids is 1. The van der Waals surface area contributed by atoms with Crippen LogP contribution in [-0.4, -0.2) is 33.6 Å². The van der Waals surface area contributed by atoms with E-state index in [9.17, 15) is 9.59 Å². The standard InChI is InChI=1S/C20H17BrClN3O4/c1-11(2)19-24-16-5-4-13(21)8-14(16)20(28)25(19)23-9-12-3-6-17(15(22)7-12)29-10-18(26)27/h3-9,11H,10H2,1-2H3,(H,26,27). The van der Waals surface area contributed by atoms with Crippen LogP contribution in [0.4, 0.5) is 0 Å². The van der Waals surface area contributed by atoms with Crippen molar-refractivity contribution in [3.63, 3.8) is 0 Å². The Kier molecular flexibility index (Phi) is 6.34. The molecule has 0 aliphatic carbocycles. The molecule has 0 bridgehead atoms. The minimum atomic E-state index is -1.09. The molecule has 7 nitrogen and oxygen atoms in total. The number of hydrogen-bond donors (Lipinski definition) is 1. The average molecular weight is 479 g/mol. The summed E-state index contributed by atoms with van der Waals surface area (Å²) >= 11 is 9.51. The Morgan fingerprint density at radius 3 is 2.76 bits per heavy atom. The molecule has 150 valence electrons. The summed E-state index contributed by atoms with van der Waals surface area (Å²) in [6.45, 7) is 3.38. The number of halogens is 2. The summed E-state index contributed by atoms with van der Waals surface area (Å²) < 4.78 is 7.16. The zero-order valence-electron chi connectivity index (χ0n) is 15.6. The summed E-state index contributed by atoms with van der Waals surface area (Å²) in [4.78, 5) is 28.2. The smallest absolute Gasteiger partial charge is 0.341 e. The lowest BCUT2D eigenvalue weighted by Gasteiger charge is -2.12. The highest BCUT2D eigenvalue weighted by atomic mass is 79.9. The van der Waals surface area contributed by atoms with Crippen LogP contribution in [0.5, 0.6) is 5.75 Å². The van der Waals surface area contributed by atoms with Gasteiger partial charge in [0.15, 0.2) is 6.61 Å². The highest BCUT2D eigenvalue weighted by molar-refractivity contribution is 9.10. The molecule has 1 heterocycles. The normalized spacial score (nSPS) is 11.5. The monoisotopic (exact) mass is 477 g/mol. The van der Waals surface area contributed by atoms with Crippen LogP contribution < -0.4 is 10.3 Å². The summed E-state index contributed by atoms with van der Waals surface area (Å²) in [5.41, 5.74) is 0.953. The van der Waals surface area contributed by atoms with E-state index in [-0.39, 0.29) is 22.2 Å². The number of benzene rings is 2. The Labute approximate surface area is 179 Å². The van der Waals surface area contributed by atoms with Gasteiger partial charge in [-0.05, 0) is 42.0 Å². The van der Waals surface area contributed by atoms with E-state index < -0.39 is 12.6 Å². The predicted molar refractivity (Wildman–Crippen MR) is 115 cm³/mol. The van der Waals surface area contributed by atoms with E-state index in [1.54, 1.807) is 30.3 Å². The first kappa shape index (κ1) is 21.0. The average Bonchev–Trinajstić information content (AvgIpc) is 2.66. The Hall–Kier alpha value is -2.71. The molecule has 0 amide bonds. The number of ether oxygens (including phenoxy) is 1. The minimum Gasteiger partial charge on any atom is -0.480 e. The Morgan fingerprint density at radius 2 is 2.10 bits per heavy atom. The molecule has 29 heavy (non-hydrogen) atoms. The number of carboxylic acid groups (broad SMARTS) is 1. The molecular weight excluding hydrogens is 462 g/mol. The number of fused-ring (bicyclic) bond motifs is 1. The lowest BCUT2D eigenvalue weighted by molar-refractivity contribution is -0.139. The molecule has 2 aromatic carbocycles. The van der Waals surface area contributed by atoms with Crippen molar-refractivity contribution in [2.24, 2.45) is 5.10 Å². The molecule has 0 saturated heterocycles. The Balaban J connectivity index is 2.00. The lowest BCUT2D eigenvalue weighted by Crippen LogP contribution is -2.23. The third-order valence-electron chi connectivity index (χ3n) is 3.98. The van der Waals surface area contributed by atoms with Gasteiger partial charge in [-0.3, -0.25) is 4.79 Å². The largest absolute Gasteiger partial charge is 0.480 e. The maximum absolute atomic E-state index is 13.0. The fourth-order valence-electron chi connectivity index (χ4n) is 2.63. The quantitative estimate of drug-likeness (QED) is 0.534. The molecule has 0 saturated carbocycles. The number of carboxylic acids is 1. The van der Waals surface area contributed by atoms with E-state index in [4.69, 9.17) is 21.4 Å². The molecule has 0 atom stereocenters. The summed E-state index contributed by atoms with van der Waals surface area (Å²) in [5, 5.41) is 13.7. The van der Waals surface area contributed by atoms with Crippen molar-refractivity contribution in [1.29, 1.82) is 0 Å². The van der Waals surface area contributed by atoms with Crippen LogP contribution in [0, 0.1) is 0 Å².